The van der Waals surface area contributed by atoms with Crippen LogP contribution >= 0.6 is 11.3 Å². The summed E-state index contributed by atoms with van der Waals surface area (Å²) in [5, 5.41) is 11.4. The van der Waals surface area contributed by atoms with Gasteiger partial charge in [0, 0.05) is 0 Å². The van der Waals surface area contributed by atoms with E-state index in [4.69, 9.17) is 5.11 Å². The van der Waals surface area contributed by atoms with Crippen LogP contribution in [0, 0.1) is 0 Å². The predicted molar refractivity (Wildman–Crippen MR) is 55.2 cm³/mol. The minimum atomic E-state index is -3.72. The number of nitrogens with zero attached hydrogens (tertiary/aromatic N) is 1. The van der Waals surface area contributed by atoms with Gasteiger partial charge in [-0.15, -0.1) is 15.7 Å². The van der Waals surface area contributed by atoms with Gasteiger partial charge < -0.3 is 10.4 Å². The van der Waals surface area contributed by atoms with Gasteiger partial charge in [0.25, 0.3) is 10.0 Å². The molecule has 15 heavy (non-hydrogen) atoms. The molecule has 0 amide bonds. The highest BCUT2D eigenvalue weighted by Gasteiger charge is 2.27. The van der Waals surface area contributed by atoms with Crippen LogP contribution in [0.4, 0.5) is 5.69 Å². The molecule has 0 atom stereocenters. The Labute approximate surface area is 89.3 Å². The summed E-state index contributed by atoms with van der Waals surface area (Å²) >= 11 is 0.695. The van der Waals surface area contributed by atoms with E-state index in [0.29, 0.717) is 11.3 Å². The van der Waals surface area contributed by atoms with E-state index < -0.39 is 16.0 Å². The SMILES string of the molecule is CC1=NS(=O)(=O)c2sc(C(=O)O)cc2N1. The largest absolute Gasteiger partial charge is 0.477 e. The number of anilines is 1. The average Bonchev–Trinajstić information content (AvgIpc) is 2.46. The van der Waals surface area contributed by atoms with Gasteiger partial charge in [0.1, 0.15) is 10.7 Å². The minimum Gasteiger partial charge on any atom is -0.477 e. The van der Waals surface area contributed by atoms with Crippen molar-refractivity contribution < 1.29 is 18.3 Å². The molecule has 0 unspecified atom stereocenters. The van der Waals surface area contributed by atoms with Crippen LogP contribution in [0.2, 0.25) is 0 Å². The first-order chi connectivity index (χ1) is 6.90. The number of hydrogen-bond acceptors (Lipinski definition) is 5. The number of amidine groups is 1. The first-order valence-electron chi connectivity index (χ1n) is 3.86. The van der Waals surface area contributed by atoms with Crippen LogP contribution in [-0.2, 0) is 10.0 Å². The maximum atomic E-state index is 11.5. The second-order valence-electron chi connectivity index (χ2n) is 2.89. The molecule has 1 aliphatic rings. The molecule has 80 valence electrons. The number of carboxylic acid groups (broad SMARTS) is 1. The predicted octanol–water partition coefficient (Wildman–Crippen LogP) is 0.979. The van der Waals surface area contributed by atoms with Crippen molar-refractivity contribution in [2.24, 2.45) is 4.40 Å². The van der Waals surface area contributed by atoms with E-state index in [1.54, 1.807) is 0 Å². The summed E-state index contributed by atoms with van der Waals surface area (Å²) in [6, 6.07) is 1.29. The van der Waals surface area contributed by atoms with E-state index in [9.17, 15) is 13.2 Å². The Hall–Kier alpha value is -1.41. The number of fused-ring (bicyclic) bond motifs is 1. The molecule has 0 spiro atoms. The third-order valence-corrected chi connectivity index (χ3v) is 4.72. The third kappa shape index (κ3) is 1.61. The molecule has 8 heteroatoms. The molecule has 1 aliphatic heterocycles. The summed E-state index contributed by atoms with van der Waals surface area (Å²) in [6.45, 7) is 1.50. The van der Waals surface area contributed by atoms with Crippen molar-refractivity contribution in [3.63, 3.8) is 0 Å². The lowest BCUT2D eigenvalue weighted by atomic mass is 10.4. The van der Waals surface area contributed by atoms with Crippen molar-refractivity contribution in [3.8, 4) is 0 Å². The maximum Gasteiger partial charge on any atom is 0.345 e. The number of hydrogen-bond donors (Lipinski definition) is 2. The third-order valence-electron chi connectivity index (χ3n) is 1.72. The molecule has 2 rings (SSSR count). The topological polar surface area (TPSA) is 95.8 Å². The van der Waals surface area contributed by atoms with E-state index in [0.717, 1.165) is 0 Å². The summed E-state index contributed by atoms with van der Waals surface area (Å²) in [6.07, 6.45) is 0. The lowest BCUT2D eigenvalue weighted by Gasteiger charge is -2.10. The second kappa shape index (κ2) is 3.04. The smallest absolute Gasteiger partial charge is 0.345 e. The number of nitrogens with one attached hydrogen (secondary N) is 1. The van der Waals surface area contributed by atoms with Crippen LogP contribution < -0.4 is 5.32 Å². The molecule has 2 heterocycles. The number of sulfonamides is 1. The van der Waals surface area contributed by atoms with Gasteiger partial charge in [-0.1, -0.05) is 0 Å². The van der Waals surface area contributed by atoms with Crippen LogP contribution in [-0.4, -0.2) is 25.3 Å². The molecule has 1 aromatic heterocycles. The molecule has 0 aromatic carbocycles. The summed E-state index contributed by atoms with van der Waals surface area (Å²) in [5.74, 6) is -0.915. The summed E-state index contributed by atoms with van der Waals surface area (Å²) < 4.78 is 26.4. The average molecular weight is 246 g/mol. The van der Waals surface area contributed by atoms with Gasteiger partial charge in [-0.2, -0.15) is 8.42 Å². The second-order valence-corrected chi connectivity index (χ2v) is 5.75. The van der Waals surface area contributed by atoms with E-state index in [-0.39, 0.29) is 20.6 Å². The number of rotatable bonds is 1. The van der Waals surface area contributed by atoms with Gasteiger partial charge in [-0.3, -0.25) is 0 Å². The summed E-state index contributed by atoms with van der Waals surface area (Å²) in [4.78, 5) is 10.6. The van der Waals surface area contributed by atoms with Gasteiger partial charge in [0.05, 0.1) is 5.69 Å². The van der Waals surface area contributed by atoms with Crippen molar-refractivity contribution in [2.45, 2.75) is 11.1 Å². The Kier molecular flexibility index (Phi) is 2.05. The maximum absolute atomic E-state index is 11.5. The van der Waals surface area contributed by atoms with Crippen molar-refractivity contribution in [1.82, 2.24) is 0 Å². The lowest BCUT2D eigenvalue weighted by Crippen LogP contribution is -2.16. The van der Waals surface area contributed by atoms with Crippen LogP contribution in [0.3, 0.4) is 0 Å². The molecule has 0 bridgehead atoms. The van der Waals surface area contributed by atoms with Crippen LogP contribution in [0.5, 0.6) is 0 Å². The Bertz CT molecular complexity index is 570. The highest BCUT2D eigenvalue weighted by Crippen LogP contribution is 2.35. The fourth-order valence-corrected chi connectivity index (χ4v) is 3.56. The zero-order valence-electron chi connectivity index (χ0n) is 7.51. The minimum absolute atomic E-state index is 0.0269. The van der Waals surface area contributed by atoms with E-state index in [1.807, 2.05) is 0 Å². The number of thiophene rings is 1. The van der Waals surface area contributed by atoms with Gasteiger partial charge in [-0.25, -0.2) is 4.79 Å². The Balaban J connectivity index is 2.64. The van der Waals surface area contributed by atoms with Gasteiger partial charge in [0.15, 0.2) is 4.21 Å². The Morgan fingerprint density at radius 1 is 1.60 bits per heavy atom. The van der Waals surface area contributed by atoms with Crippen LogP contribution in [0.1, 0.15) is 16.6 Å². The van der Waals surface area contributed by atoms with Gasteiger partial charge in [-0.05, 0) is 13.0 Å². The normalized spacial score (nSPS) is 17.5. The molecule has 0 aliphatic carbocycles. The number of carboxylic acids is 1. The van der Waals surface area contributed by atoms with Gasteiger partial charge >= 0.3 is 5.97 Å². The number of aromatic carboxylic acids is 1. The fraction of sp³-hybridized carbons (Fsp3) is 0.143. The first-order valence-corrected chi connectivity index (χ1v) is 6.11. The van der Waals surface area contributed by atoms with Crippen molar-refractivity contribution in [1.29, 1.82) is 0 Å². The van der Waals surface area contributed by atoms with E-state index >= 15 is 0 Å². The molecule has 0 fully saturated rings. The zero-order valence-corrected chi connectivity index (χ0v) is 9.15. The lowest BCUT2D eigenvalue weighted by molar-refractivity contribution is 0.0702. The first kappa shape index (κ1) is 10.1. The van der Waals surface area contributed by atoms with Crippen molar-refractivity contribution in [3.05, 3.63) is 10.9 Å². The quantitative estimate of drug-likeness (QED) is 0.770. The Morgan fingerprint density at radius 2 is 2.27 bits per heavy atom. The zero-order chi connectivity index (χ0) is 11.2. The molecular formula is C7H6N2O4S2. The molecule has 0 saturated heterocycles. The van der Waals surface area contributed by atoms with Crippen LogP contribution in [0.15, 0.2) is 14.7 Å². The Morgan fingerprint density at radius 3 is 2.87 bits per heavy atom. The van der Waals surface area contributed by atoms with Crippen molar-refractivity contribution in [2.75, 3.05) is 5.32 Å². The standard InChI is InChI=1S/C7H6N2O4S2/c1-3-8-4-2-5(6(10)11)14-7(4)15(12,13)9-3/h2H,1H3,(H,8,9)(H,10,11). The van der Waals surface area contributed by atoms with Crippen molar-refractivity contribution >= 4 is 38.9 Å². The van der Waals surface area contributed by atoms with E-state index in [2.05, 4.69) is 9.71 Å². The molecule has 1 aromatic rings. The molecule has 0 saturated carbocycles. The highest BCUT2D eigenvalue weighted by atomic mass is 32.2. The fourth-order valence-electron chi connectivity index (χ4n) is 1.20. The van der Waals surface area contributed by atoms with Crippen LogP contribution in [0.25, 0.3) is 0 Å². The molecule has 0 radical (unpaired) electrons. The highest BCUT2D eigenvalue weighted by molar-refractivity contribution is 7.92. The molecular weight excluding hydrogens is 240 g/mol. The summed E-state index contributed by atoms with van der Waals surface area (Å²) in [5.41, 5.74) is 0.282. The van der Waals surface area contributed by atoms with Gasteiger partial charge in [0.2, 0.25) is 0 Å². The number of carbonyl (C=O) groups is 1. The molecule has 6 nitrogen and oxygen atoms in total. The monoisotopic (exact) mass is 246 g/mol. The summed E-state index contributed by atoms with van der Waals surface area (Å²) in [7, 11) is -3.72. The molecule has 2 N–H and O–H groups in total. The van der Waals surface area contributed by atoms with E-state index in [1.165, 1.54) is 13.0 Å².